The van der Waals surface area contributed by atoms with Crippen LogP contribution in [0.4, 0.5) is 0 Å². The van der Waals surface area contributed by atoms with Gasteiger partial charge in [-0.2, -0.15) is 0 Å². The highest BCUT2D eigenvalue weighted by atomic mass is 16.1. The molecule has 0 aromatic carbocycles. The molecule has 3 unspecified atom stereocenters. The first-order chi connectivity index (χ1) is 10.6. The van der Waals surface area contributed by atoms with Crippen molar-refractivity contribution in [3.8, 4) is 0 Å². The molecule has 3 aliphatic rings. The summed E-state index contributed by atoms with van der Waals surface area (Å²) >= 11 is 0. The van der Waals surface area contributed by atoms with Crippen molar-refractivity contribution < 1.29 is 4.79 Å². The third-order valence-corrected chi connectivity index (χ3v) is 7.12. The van der Waals surface area contributed by atoms with E-state index < -0.39 is 0 Å². The number of rotatable bonds is 5. The molecule has 3 aliphatic carbocycles. The summed E-state index contributed by atoms with van der Waals surface area (Å²) in [5, 5.41) is 3.04. The van der Waals surface area contributed by atoms with Gasteiger partial charge in [0.05, 0.1) is 0 Å². The fourth-order valence-electron chi connectivity index (χ4n) is 5.93. The fraction of sp³-hybridized carbons (Fsp3) is 0.850. The van der Waals surface area contributed by atoms with E-state index in [2.05, 4.69) is 18.8 Å². The summed E-state index contributed by atoms with van der Waals surface area (Å²) in [6.45, 7) is 9.64. The first-order valence-corrected chi connectivity index (χ1v) is 9.50. The van der Waals surface area contributed by atoms with Crippen LogP contribution in [-0.4, -0.2) is 12.5 Å². The van der Waals surface area contributed by atoms with Crippen LogP contribution >= 0.6 is 0 Å². The van der Waals surface area contributed by atoms with Gasteiger partial charge >= 0.3 is 0 Å². The molecule has 124 valence electrons. The third-order valence-electron chi connectivity index (χ3n) is 7.12. The lowest BCUT2D eigenvalue weighted by molar-refractivity contribution is -0.120. The van der Waals surface area contributed by atoms with E-state index in [-0.39, 0.29) is 5.91 Å². The second-order valence-electron chi connectivity index (χ2n) is 8.31. The van der Waals surface area contributed by atoms with Crippen LogP contribution in [0.25, 0.3) is 0 Å². The van der Waals surface area contributed by atoms with Gasteiger partial charge in [0, 0.05) is 13.0 Å². The van der Waals surface area contributed by atoms with E-state index in [1.807, 2.05) is 6.92 Å². The molecule has 0 aliphatic heterocycles. The molecule has 2 bridgehead atoms. The van der Waals surface area contributed by atoms with Crippen LogP contribution in [0.2, 0.25) is 0 Å². The number of nitrogens with one attached hydrogen (secondary N) is 1. The van der Waals surface area contributed by atoms with Crippen molar-refractivity contribution in [1.82, 2.24) is 5.32 Å². The molecule has 0 saturated heterocycles. The Morgan fingerprint density at radius 3 is 2.95 bits per heavy atom. The quantitative estimate of drug-likeness (QED) is 0.579. The van der Waals surface area contributed by atoms with Crippen molar-refractivity contribution in [2.24, 2.45) is 29.1 Å². The number of carbonyl (C=O) groups is 1. The Balaban J connectivity index is 1.60. The monoisotopic (exact) mass is 303 g/mol. The van der Waals surface area contributed by atoms with Gasteiger partial charge < -0.3 is 5.32 Å². The van der Waals surface area contributed by atoms with Crippen LogP contribution < -0.4 is 5.32 Å². The Hall–Kier alpha value is -0.790. The maximum Gasteiger partial charge on any atom is 0.219 e. The first kappa shape index (κ1) is 16.1. The topological polar surface area (TPSA) is 29.1 Å². The van der Waals surface area contributed by atoms with Gasteiger partial charge in [-0.05, 0) is 80.5 Å². The van der Waals surface area contributed by atoms with E-state index in [1.165, 1.54) is 44.9 Å². The predicted molar refractivity (Wildman–Crippen MR) is 91.4 cm³/mol. The van der Waals surface area contributed by atoms with Crippen LogP contribution in [-0.2, 0) is 4.79 Å². The van der Waals surface area contributed by atoms with Crippen LogP contribution in [0.1, 0.15) is 71.6 Å². The first-order valence-electron chi connectivity index (χ1n) is 9.50. The summed E-state index contributed by atoms with van der Waals surface area (Å²) in [4.78, 5) is 11.4. The molecule has 5 atom stereocenters. The molecular formula is C20H33NO. The normalized spacial score (nSPS) is 40.4. The van der Waals surface area contributed by atoms with E-state index in [4.69, 9.17) is 0 Å². The molecule has 1 amide bonds. The molecule has 2 heteroatoms. The fourth-order valence-corrected chi connectivity index (χ4v) is 5.93. The van der Waals surface area contributed by atoms with Gasteiger partial charge in [-0.15, -0.1) is 0 Å². The summed E-state index contributed by atoms with van der Waals surface area (Å²) < 4.78 is 0. The van der Waals surface area contributed by atoms with Crippen molar-refractivity contribution >= 4 is 5.91 Å². The molecule has 1 spiro atoms. The van der Waals surface area contributed by atoms with Gasteiger partial charge in [0.25, 0.3) is 0 Å². The molecular weight excluding hydrogens is 270 g/mol. The SMILES string of the molecule is C=C1C[C@@]23CCC(C)C(CCCNC(=O)CC)C2CC[C@@H]1C3. The van der Waals surface area contributed by atoms with Crippen molar-refractivity contribution in [3.05, 3.63) is 12.2 Å². The van der Waals surface area contributed by atoms with Crippen molar-refractivity contribution in [1.29, 1.82) is 0 Å². The number of hydrogen-bond donors (Lipinski definition) is 1. The Labute approximate surface area is 136 Å². The molecule has 3 saturated carbocycles. The molecule has 0 radical (unpaired) electrons. The minimum atomic E-state index is 0.195. The van der Waals surface area contributed by atoms with Crippen molar-refractivity contribution in [2.75, 3.05) is 6.54 Å². The van der Waals surface area contributed by atoms with Gasteiger partial charge in [0.1, 0.15) is 0 Å². The number of hydrogen-bond acceptors (Lipinski definition) is 1. The lowest BCUT2D eigenvalue weighted by atomic mass is 9.53. The van der Waals surface area contributed by atoms with Gasteiger partial charge in [0.2, 0.25) is 5.91 Å². The molecule has 2 nitrogen and oxygen atoms in total. The van der Waals surface area contributed by atoms with E-state index in [0.717, 1.165) is 36.6 Å². The summed E-state index contributed by atoms with van der Waals surface area (Å²) in [7, 11) is 0. The molecule has 1 N–H and O–H groups in total. The molecule has 0 heterocycles. The lowest BCUT2D eigenvalue weighted by Crippen LogP contribution is -2.43. The Kier molecular flexibility index (Phi) is 4.66. The van der Waals surface area contributed by atoms with Crippen molar-refractivity contribution in [2.45, 2.75) is 71.6 Å². The second kappa shape index (κ2) is 6.37. The highest BCUT2D eigenvalue weighted by Crippen LogP contribution is 2.64. The number of carbonyl (C=O) groups excluding carboxylic acids is 1. The lowest BCUT2D eigenvalue weighted by Gasteiger charge is -2.51. The summed E-state index contributed by atoms with van der Waals surface area (Å²) in [5.41, 5.74) is 2.18. The van der Waals surface area contributed by atoms with Crippen LogP contribution in [0, 0.1) is 29.1 Å². The third kappa shape index (κ3) is 2.86. The highest BCUT2D eigenvalue weighted by Gasteiger charge is 2.54. The van der Waals surface area contributed by atoms with Crippen LogP contribution in [0.5, 0.6) is 0 Å². The smallest absolute Gasteiger partial charge is 0.219 e. The standard InChI is InChI=1S/C20H33NO/c1-4-19(22)21-11-5-6-17-14(2)9-10-20-12-15(3)16(13-20)7-8-18(17)20/h14,16-18H,3-13H2,1-2H3,(H,21,22)/t14?,16-,17?,18?,20-/m1/s1. The Morgan fingerprint density at radius 2 is 2.18 bits per heavy atom. The van der Waals surface area contributed by atoms with E-state index >= 15 is 0 Å². The number of amides is 1. The summed E-state index contributed by atoms with van der Waals surface area (Å²) in [5.74, 6) is 3.70. The van der Waals surface area contributed by atoms with Crippen molar-refractivity contribution in [3.63, 3.8) is 0 Å². The van der Waals surface area contributed by atoms with E-state index in [9.17, 15) is 4.79 Å². The maximum atomic E-state index is 11.4. The zero-order valence-corrected chi connectivity index (χ0v) is 14.5. The molecule has 0 aromatic rings. The van der Waals surface area contributed by atoms with Gasteiger partial charge in [-0.1, -0.05) is 26.0 Å². The largest absolute Gasteiger partial charge is 0.356 e. The van der Waals surface area contributed by atoms with E-state index in [1.54, 1.807) is 5.57 Å². The highest BCUT2D eigenvalue weighted by molar-refractivity contribution is 5.75. The molecule has 0 aromatic heterocycles. The Bertz CT molecular complexity index is 443. The molecule has 22 heavy (non-hydrogen) atoms. The molecule has 3 rings (SSSR count). The average Bonchev–Trinajstić information content (AvgIpc) is 2.76. The van der Waals surface area contributed by atoms with Gasteiger partial charge in [-0.3, -0.25) is 4.79 Å². The number of fused-ring (bicyclic) bond motifs is 1. The maximum absolute atomic E-state index is 11.4. The number of allylic oxidation sites excluding steroid dienone is 1. The minimum absolute atomic E-state index is 0.195. The second-order valence-corrected chi connectivity index (χ2v) is 8.31. The summed E-state index contributed by atoms with van der Waals surface area (Å²) in [6.07, 6.45) is 11.5. The van der Waals surface area contributed by atoms with Gasteiger partial charge in [0.15, 0.2) is 0 Å². The Morgan fingerprint density at radius 1 is 1.36 bits per heavy atom. The average molecular weight is 303 g/mol. The van der Waals surface area contributed by atoms with Gasteiger partial charge in [-0.25, -0.2) is 0 Å². The van der Waals surface area contributed by atoms with Crippen LogP contribution in [0.3, 0.4) is 0 Å². The summed E-state index contributed by atoms with van der Waals surface area (Å²) in [6, 6.07) is 0. The zero-order valence-electron chi connectivity index (χ0n) is 14.5. The van der Waals surface area contributed by atoms with E-state index in [0.29, 0.717) is 11.8 Å². The predicted octanol–water partition coefficient (Wildman–Crippen LogP) is 4.70. The zero-order chi connectivity index (χ0) is 15.7. The molecule has 3 fully saturated rings. The minimum Gasteiger partial charge on any atom is -0.356 e. The van der Waals surface area contributed by atoms with Crippen LogP contribution in [0.15, 0.2) is 12.2 Å².